The van der Waals surface area contributed by atoms with Crippen molar-refractivity contribution in [3.05, 3.63) is 28.8 Å². The molecule has 0 fully saturated rings. The van der Waals surface area contributed by atoms with Crippen LogP contribution in [0.3, 0.4) is 0 Å². The molecule has 0 unspecified atom stereocenters. The first-order valence-corrected chi connectivity index (χ1v) is 4.99. The number of phenols is 1. The molecule has 1 aromatic rings. The molecule has 1 aromatic carbocycles. The number of aromatic hydroxyl groups is 1. The molecule has 0 atom stereocenters. The van der Waals surface area contributed by atoms with E-state index >= 15 is 0 Å². The minimum atomic E-state index is 0.0504. The fourth-order valence-corrected chi connectivity index (χ4v) is 1.26. The van der Waals surface area contributed by atoms with Gasteiger partial charge in [0.05, 0.1) is 5.02 Å². The number of phenolic OH excluding ortho intramolecular Hbond substituents is 1. The summed E-state index contributed by atoms with van der Waals surface area (Å²) in [5, 5.41) is 13.1. The van der Waals surface area contributed by atoms with Gasteiger partial charge in [-0.25, -0.2) is 0 Å². The van der Waals surface area contributed by atoms with Gasteiger partial charge < -0.3 is 10.4 Å². The van der Waals surface area contributed by atoms with Crippen LogP contribution in [0, 0.1) is 0 Å². The summed E-state index contributed by atoms with van der Waals surface area (Å²) in [5.41, 5.74) is 0.969. The molecule has 0 aliphatic heterocycles. The number of nitrogens with one attached hydrogen (secondary N) is 1. The molecule has 0 radical (unpaired) electrons. The van der Waals surface area contributed by atoms with Crippen molar-refractivity contribution in [3.8, 4) is 5.75 Å². The number of halogens is 1. The molecular weight excluding hydrogens is 198 g/mol. The van der Waals surface area contributed by atoms with Crippen LogP contribution in [0.5, 0.6) is 5.75 Å². The van der Waals surface area contributed by atoms with E-state index in [2.05, 4.69) is 26.1 Å². The highest BCUT2D eigenvalue weighted by Gasteiger charge is 2.10. The summed E-state index contributed by atoms with van der Waals surface area (Å²) in [6.07, 6.45) is 0. The highest BCUT2D eigenvalue weighted by Crippen LogP contribution is 2.26. The third-order valence-electron chi connectivity index (χ3n) is 1.87. The van der Waals surface area contributed by atoms with Gasteiger partial charge in [-0.05, 0) is 32.4 Å². The molecule has 0 saturated carbocycles. The second-order valence-corrected chi connectivity index (χ2v) is 4.73. The highest BCUT2D eigenvalue weighted by molar-refractivity contribution is 6.32. The Morgan fingerprint density at radius 1 is 1.36 bits per heavy atom. The number of rotatable bonds is 2. The van der Waals surface area contributed by atoms with E-state index in [0.29, 0.717) is 11.6 Å². The SMILES string of the molecule is CC(C)(C)NCc1cccc(O)c1Cl. The van der Waals surface area contributed by atoms with Gasteiger partial charge in [0, 0.05) is 12.1 Å². The minimum absolute atomic E-state index is 0.0504. The van der Waals surface area contributed by atoms with Crippen molar-refractivity contribution in [1.29, 1.82) is 0 Å². The molecule has 0 aliphatic rings. The zero-order chi connectivity index (χ0) is 10.8. The largest absolute Gasteiger partial charge is 0.506 e. The molecule has 0 heterocycles. The topological polar surface area (TPSA) is 32.3 Å². The van der Waals surface area contributed by atoms with Crippen molar-refractivity contribution in [1.82, 2.24) is 5.32 Å². The summed E-state index contributed by atoms with van der Waals surface area (Å²) in [4.78, 5) is 0. The lowest BCUT2D eigenvalue weighted by Gasteiger charge is -2.21. The van der Waals surface area contributed by atoms with Gasteiger partial charge in [0.15, 0.2) is 0 Å². The molecule has 0 saturated heterocycles. The molecule has 0 amide bonds. The fraction of sp³-hybridized carbons (Fsp3) is 0.455. The lowest BCUT2D eigenvalue weighted by Crippen LogP contribution is -2.35. The van der Waals surface area contributed by atoms with Gasteiger partial charge in [0.1, 0.15) is 5.75 Å². The Bertz CT molecular complexity index is 318. The van der Waals surface area contributed by atoms with E-state index in [9.17, 15) is 5.11 Å². The molecule has 3 heteroatoms. The van der Waals surface area contributed by atoms with Gasteiger partial charge in [0.25, 0.3) is 0 Å². The Morgan fingerprint density at radius 3 is 2.57 bits per heavy atom. The van der Waals surface area contributed by atoms with E-state index in [4.69, 9.17) is 11.6 Å². The Labute approximate surface area is 89.9 Å². The van der Waals surface area contributed by atoms with Crippen molar-refractivity contribution in [2.45, 2.75) is 32.9 Å². The van der Waals surface area contributed by atoms with E-state index in [1.54, 1.807) is 12.1 Å². The maximum Gasteiger partial charge on any atom is 0.134 e. The molecular formula is C11H16ClNO. The monoisotopic (exact) mass is 213 g/mol. The van der Waals surface area contributed by atoms with Crippen molar-refractivity contribution in [2.24, 2.45) is 0 Å². The Kier molecular flexibility index (Phi) is 3.40. The lowest BCUT2D eigenvalue weighted by atomic mass is 10.1. The van der Waals surface area contributed by atoms with E-state index in [1.807, 2.05) is 6.07 Å². The van der Waals surface area contributed by atoms with Crippen molar-refractivity contribution in [3.63, 3.8) is 0 Å². The predicted octanol–water partition coefficient (Wildman–Crippen LogP) is 2.93. The van der Waals surface area contributed by atoms with Crippen LogP contribution in [-0.2, 0) is 6.54 Å². The zero-order valence-corrected chi connectivity index (χ0v) is 9.52. The Morgan fingerprint density at radius 2 is 2.00 bits per heavy atom. The van der Waals surface area contributed by atoms with Crippen LogP contribution in [0.4, 0.5) is 0 Å². The molecule has 0 aromatic heterocycles. The second kappa shape index (κ2) is 4.20. The summed E-state index contributed by atoms with van der Waals surface area (Å²) in [5.74, 6) is 0.139. The third-order valence-corrected chi connectivity index (χ3v) is 2.30. The van der Waals surface area contributed by atoms with Crippen LogP contribution in [0.1, 0.15) is 26.3 Å². The van der Waals surface area contributed by atoms with E-state index in [-0.39, 0.29) is 11.3 Å². The van der Waals surface area contributed by atoms with Crippen LogP contribution in [0.2, 0.25) is 5.02 Å². The second-order valence-electron chi connectivity index (χ2n) is 4.35. The van der Waals surface area contributed by atoms with E-state index in [0.717, 1.165) is 5.56 Å². The van der Waals surface area contributed by atoms with Gasteiger partial charge in [-0.3, -0.25) is 0 Å². The third kappa shape index (κ3) is 3.20. The molecule has 1 rings (SSSR count). The van der Waals surface area contributed by atoms with E-state index in [1.165, 1.54) is 0 Å². The normalized spacial score (nSPS) is 11.7. The van der Waals surface area contributed by atoms with Crippen molar-refractivity contribution < 1.29 is 5.11 Å². The number of benzene rings is 1. The Hall–Kier alpha value is -0.730. The molecule has 0 aliphatic carbocycles. The highest BCUT2D eigenvalue weighted by atomic mass is 35.5. The summed E-state index contributed by atoms with van der Waals surface area (Å²) in [6, 6.07) is 5.28. The summed E-state index contributed by atoms with van der Waals surface area (Å²) < 4.78 is 0. The zero-order valence-electron chi connectivity index (χ0n) is 8.76. The fourth-order valence-electron chi connectivity index (χ4n) is 1.06. The first kappa shape index (κ1) is 11.3. The molecule has 0 bridgehead atoms. The predicted molar refractivity (Wildman–Crippen MR) is 59.7 cm³/mol. The first-order valence-electron chi connectivity index (χ1n) is 4.61. The van der Waals surface area contributed by atoms with Crippen LogP contribution in [0.25, 0.3) is 0 Å². The van der Waals surface area contributed by atoms with Crippen molar-refractivity contribution >= 4 is 11.6 Å². The maximum absolute atomic E-state index is 9.37. The van der Waals surface area contributed by atoms with Gasteiger partial charge >= 0.3 is 0 Å². The number of hydrogen-bond acceptors (Lipinski definition) is 2. The van der Waals surface area contributed by atoms with Gasteiger partial charge in [-0.2, -0.15) is 0 Å². The standard InChI is InChI=1S/C11H16ClNO/c1-11(2,3)13-7-8-5-4-6-9(14)10(8)12/h4-6,13-14H,7H2,1-3H3. The average molecular weight is 214 g/mol. The molecule has 2 nitrogen and oxygen atoms in total. The number of hydrogen-bond donors (Lipinski definition) is 2. The van der Waals surface area contributed by atoms with Crippen LogP contribution >= 0.6 is 11.6 Å². The van der Waals surface area contributed by atoms with Gasteiger partial charge in [-0.15, -0.1) is 0 Å². The minimum Gasteiger partial charge on any atom is -0.506 e. The van der Waals surface area contributed by atoms with E-state index < -0.39 is 0 Å². The first-order chi connectivity index (χ1) is 6.40. The summed E-state index contributed by atoms with van der Waals surface area (Å²) in [6.45, 7) is 6.92. The van der Waals surface area contributed by atoms with Gasteiger partial charge in [0.2, 0.25) is 0 Å². The average Bonchev–Trinajstić information content (AvgIpc) is 2.06. The smallest absolute Gasteiger partial charge is 0.134 e. The maximum atomic E-state index is 9.37. The molecule has 14 heavy (non-hydrogen) atoms. The molecule has 0 spiro atoms. The molecule has 2 N–H and O–H groups in total. The summed E-state index contributed by atoms with van der Waals surface area (Å²) in [7, 11) is 0. The van der Waals surface area contributed by atoms with Crippen LogP contribution in [0.15, 0.2) is 18.2 Å². The van der Waals surface area contributed by atoms with Crippen molar-refractivity contribution in [2.75, 3.05) is 0 Å². The summed E-state index contributed by atoms with van der Waals surface area (Å²) >= 11 is 5.93. The lowest BCUT2D eigenvalue weighted by molar-refractivity contribution is 0.422. The van der Waals surface area contributed by atoms with Crippen LogP contribution < -0.4 is 5.32 Å². The Balaban J connectivity index is 2.73. The van der Waals surface area contributed by atoms with Crippen LogP contribution in [-0.4, -0.2) is 10.6 Å². The molecule has 78 valence electrons. The quantitative estimate of drug-likeness (QED) is 0.792. The van der Waals surface area contributed by atoms with Gasteiger partial charge in [-0.1, -0.05) is 23.7 Å².